The van der Waals surface area contributed by atoms with Crippen molar-refractivity contribution in [1.82, 2.24) is 9.47 Å². The number of benzene rings is 2. The van der Waals surface area contributed by atoms with Gasteiger partial charge in [-0.05, 0) is 30.3 Å². The summed E-state index contributed by atoms with van der Waals surface area (Å²) in [7, 11) is 1.57. The van der Waals surface area contributed by atoms with Gasteiger partial charge in [-0.15, -0.1) is 0 Å². The van der Waals surface area contributed by atoms with Crippen LogP contribution in [0.15, 0.2) is 47.3 Å². The lowest BCUT2D eigenvalue weighted by atomic mass is 10.1. The van der Waals surface area contributed by atoms with Gasteiger partial charge < -0.3 is 18.9 Å². The first-order valence-electron chi connectivity index (χ1n) is 8.64. The molecule has 0 bridgehead atoms. The molecule has 1 aliphatic rings. The molecule has 0 atom stereocenters. The van der Waals surface area contributed by atoms with Crippen LogP contribution in [0.5, 0.6) is 5.75 Å². The molecule has 1 amide bonds. The molecule has 1 fully saturated rings. The first kappa shape index (κ1) is 16.6. The van der Waals surface area contributed by atoms with Gasteiger partial charge in [0.05, 0.1) is 31.4 Å². The van der Waals surface area contributed by atoms with Gasteiger partial charge in [-0.2, -0.15) is 0 Å². The van der Waals surface area contributed by atoms with Crippen molar-refractivity contribution in [2.75, 3.05) is 33.4 Å². The number of ether oxygens (including phenoxy) is 2. The molecule has 3 aromatic rings. The maximum atomic E-state index is 12.9. The third-order valence-electron chi connectivity index (χ3n) is 4.84. The van der Waals surface area contributed by atoms with Crippen molar-refractivity contribution in [2.45, 2.75) is 6.54 Å². The Balaban J connectivity index is 1.89. The molecule has 0 N–H and O–H groups in total. The van der Waals surface area contributed by atoms with Crippen LogP contribution < -0.4 is 10.2 Å². The molecule has 0 radical (unpaired) electrons. The van der Waals surface area contributed by atoms with E-state index in [1.807, 2.05) is 39.8 Å². The van der Waals surface area contributed by atoms with Gasteiger partial charge in [-0.1, -0.05) is 12.1 Å². The molecule has 0 saturated carbocycles. The maximum Gasteiger partial charge on any atom is 0.242 e. The van der Waals surface area contributed by atoms with Crippen molar-refractivity contribution in [2.24, 2.45) is 0 Å². The molecule has 4 rings (SSSR count). The van der Waals surface area contributed by atoms with Crippen molar-refractivity contribution in [3.05, 3.63) is 52.7 Å². The van der Waals surface area contributed by atoms with Gasteiger partial charge in [0.2, 0.25) is 5.91 Å². The number of para-hydroxylation sites is 1. The number of aromatic nitrogens is 1. The minimum atomic E-state index is -0.0513. The minimum Gasteiger partial charge on any atom is -0.497 e. The van der Waals surface area contributed by atoms with Crippen LogP contribution in [0.25, 0.3) is 21.8 Å². The summed E-state index contributed by atoms with van der Waals surface area (Å²) in [5.41, 5.74) is 1.44. The Hall–Kier alpha value is -2.86. The minimum absolute atomic E-state index is 0.0271. The van der Waals surface area contributed by atoms with Crippen LogP contribution in [-0.2, 0) is 16.1 Å². The standard InChI is InChI=1S/C20H20N2O4/c1-25-14-6-7-18-16(12-14)20(24)15-4-2-3-5-17(15)22(18)13-19(23)21-8-10-26-11-9-21/h2-7,12H,8-11,13H2,1H3. The molecule has 1 saturated heterocycles. The summed E-state index contributed by atoms with van der Waals surface area (Å²) in [6.07, 6.45) is 0. The second kappa shape index (κ2) is 6.80. The normalized spacial score (nSPS) is 14.7. The summed E-state index contributed by atoms with van der Waals surface area (Å²) in [5, 5.41) is 1.15. The van der Waals surface area contributed by atoms with Crippen molar-refractivity contribution in [1.29, 1.82) is 0 Å². The van der Waals surface area contributed by atoms with E-state index in [9.17, 15) is 9.59 Å². The molecule has 6 heteroatoms. The molecule has 0 aliphatic carbocycles. The molecule has 0 spiro atoms. The smallest absolute Gasteiger partial charge is 0.242 e. The number of fused-ring (bicyclic) bond motifs is 2. The summed E-state index contributed by atoms with van der Waals surface area (Å²) in [6, 6.07) is 12.8. The van der Waals surface area contributed by atoms with Gasteiger partial charge in [-0.25, -0.2) is 0 Å². The Labute approximate surface area is 150 Å². The van der Waals surface area contributed by atoms with Gasteiger partial charge in [0.25, 0.3) is 0 Å². The fourth-order valence-electron chi connectivity index (χ4n) is 3.45. The van der Waals surface area contributed by atoms with Crippen LogP contribution in [0.4, 0.5) is 0 Å². The number of pyridine rings is 1. The van der Waals surface area contributed by atoms with Gasteiger partial charge in [-0.3, -0.25) is 9.59 Å². The predicted molar refractivity (Wildman–Crippen MR) is 99.7 cm³/mol. The van der Waals surface area contributed by atoms with E-state index in [1.165, 1.54) is 0 Å². The largest absolute Gasteiger partial charge is 0.497 e. The highest BCUT2D eigenvalue weighted by atomic mass is 16.5. The monoisotopic (exact) mass is 352 g/mol. The summed E-state index contributed by atoms with van der Waals surface area (Å²) in [6.45, 7) is 2.51. The fraction of sp³-hybridized carbons (Fsp3) is 0.300. The van der Waals surface area contributed by atoms with E-state index >= 15 is 0 Å². The third-order valence-corrected chi connectivity index (χ3v) is 4.84. The average Bonchev–Trinajstić information content (AvgIpc) is 2.71. The molecule has 26 heavy (non-hydrogen) atoms. The Bertz CT molecular complexity index is 1040. The van der Waals surface area contributed by atoms with E-state index in [1.54, 1.807) is 19.2 Å². The molecule has 2 aromatic carbocycles. The predicted octanol–water partition coefficient (Wildman–Crippen LogP) is 2.02. The van der Waals surface area contributed by atoms with E-state index in [0.717, 1.165) is 11.0 Å². The highest BCUT2D eigenvalue weighted by molar-refractivity contribution is 5.95. The van der Waals surface area contributed by atoms with E-state index in [2.05, 4.69) is 0 Å². The lowest BCUT2D eigenvalue weighted by Crippen LogP contribution is -2.42. The first-order valence-corrected chi connectivity index (χ1v) is 8.64. The van der Waals surface area contributed by atoms with Gasteiger partial charge in [0.1, 0.15) is 12.3 Å². The Kier molecular flexibility index (Phi) is 4.34. The lowest BCUT2D eigenvalue weighted by Gasteiger charge is -2.27. The molecule has 6 nitrogen and oxygen atoms in total. The fourth-order valence-corrected chi connectivity index (χ4v) is 3.45. The zero-order valence-corrected chi connectivity index (χ0v) is 14.6. The zero-order chi connectivity index (χ0) is 18.1. The Morgan fingerprint density at radius 2 is 1.81 bits per heavy atom. The number of methoxy groups -OCH3 is 1. The van der Waals surface area contributed by atoms with Crippen LogP contribution in [0.2, 0.25) is 0 Å². The van der Waals surface area contributed by atoms with E-state index in [0.29, 0.717) is 42.8 Å². The molecular formula is C20H20N2O4. The highest BCUT2D eigenvalue weighted by Gasteiger charge is 2.19. The summed E-state index contributed by atoms with van der Waals surface area (Å²) < 4.78 is 12.5. The average molecular weight is 352 g/mol. The van der Waals surface area contributed by atoms with Crippen molar-refractivity contribution < 1.29 is 14.3 Å². The molecule has 1 aliphatic heterocycles. The van der Waals surface area contributed by atoms with Gasteiger partial charge >= 0.3 is 0 Å². The molecule has 134 valence electrons. The number of hydrogen-bond acceptors (Lipinski definition) is 4. The Morgan fingerprint density at radius 3 is 2.58 bits per heavy atom. The summed E-state index contributed by atoms with van der Waals surface area (Å²) in [5.74, 6) is 0.648. The van der Waals surface area contributed by atoms with Gasteiger partial charge in [0, 0.05) is 23.9 Å². The van der Waals surface area contributed by atoms with Crippen LogP contribution in [0.1, 0.15) is 0 Å². The zero-order valence-electron chi connectivity index (χ0n) is 14.6. The maximum absolute atomic E-state index is 12.9. The van der Waals surface area contributed by atoms with Crippen molar-refractivity contribution in [3.63, 3.8) is 0 Å². The van der Waals surface area contributed by atoms with Crippen LogP contribution >= 0.6 is 0 Å². The van der Waals surface area contributed by atoms with E-state index in [4.69, 9.17) is 9.47 Å². The summed E-state index contributed by atoms with van der Waals surface area (Å²) >= 11 is 0. The van der Waals surface area contributed by atoms with Crippen LogP contribution in [0, 0.1) is 0 Å². The van der Waals surface area contributed by atoms with Crippen molar-refractivity contribution >= 4 is 27.7 Å². The second-order valence-electron chi connectivity index (χ2n) is 6.31. The number of amides is 1. The van der Waals surface area contributed by atoms with E-state index in [-0.39, 0.29) is 17.9 Å². The molecule has 1 aromatic heterocycles. The van der Waals surface area contributed by atoms with Crippen LogP contribution in [0.3, 0.4) is 0 Å². The highest BCUT2D eigenvalue weighted by Crippen LogP contribution is 2.23. The van der Waals surface area contributed by atoms with E-state index < -0.39 is 0 Å². The number of morpholine rings is 1. The third kappa shape index (κ3) is 2.82. The number of carbonyl (C=O) groups excluding carboxylic acids is 1. The topological polar surface area (TPSA) is 60.8 Å². The molecular weight excluding hydrogens is 332 g/mol. The van der Waals surface area contributed by atoms with Crippen LogP contribution in [-0.4, -0.2) is 48.8 Å². The number of carbonyl (C=O) groups is 1. The lowest BCUT2D eigenvalue weighted by molar-refractivity contribution is -0.135. The molecule has 0 unspecified atom stereocenters. The number of rotatable bonds is 3. The Morgan fingerprint density at radius 1 is 1.08 bits per heavy atom. The summed E-state index contributed by atoms with van der Waals surface area (Å²) in [4.78, 5) is 27.5. The molecule has 2 heterocycles. The first-order chi connectivity index (χ1) is 12.7. The number of hydrogen-bond donors (Lipinski definition) is 0. The SMILES string of the molecule is COc1ccc2c(c1)c(=O)c1ccccc1n2CC(=O)N1CCOCC1. The number of nitrogens with zero attached hydrogens (tertiary/aromatic N) is 2. The second-order valence-corrected chi connectivity index (χ2v) is 6.31. The van der Waals surface area contributed by atoms with Crippen molar-refractivity contribution in [3.8, 4) is 5.75 Å². The van der Waals surface area contributed by atoms with Gasteiger partial charge in [0.15, 0.2) is 5.43 Å². The quantitative estimate of drug-likeness (QED) is 0.677.